The van der Waals surface area contributed by atoms with Crippen molar-refractivity contribution in [3.63, 3.8) is 0 Å². The summed E-state index contributed by atoms with van der Waals surface area (Å²) in [6.07, 6.45) is 0. The molecule has 2 heterocycles. The van der Waals surface area contributed by atoms with Crippen molar-refractivity contribution in [3.8, 4) is 17.0 Å². The van der Waals surface area contributed by atoms with Gasteiger partial charge >= 0.3 is 0 Å². The number of amides is 1. The Kier molecular flexibility index (Phi) is 7.10. The number of ether oxygens (including phenoxy) is 1. The molecule has 0 aliphatic carbocycles. The zero-order valence-corrected chi connectivity index (χ0v) is 20.6. The van der Waals surface area contributed by atoms with Crippen molar-refractivity contribution < 1.29 is 9.53 Å². The van der Waals surface area contributed by atoms with Crippen LogP contribution in [-0.4, -0.2) is 31.4 Å². The third-order valence-electron chi connectivity index (χ3n) is 5.26. The molecule has 7 nitrogen and oxygen atoms in total. The Morgan fingerprint density at radius 2 is 1.88 bits per heavy atom. The first-order chi connectivity index (χ1) is 15.9. The van der Waals surface area contributed by atoms with Gasteiger partial charge in [-0.3, -0.25) is 4.79 Å². The van der Waals surface area contributed by atoms with Gasteiger partial charge in [0.1, 0.15) is 12.4 Å². The highest BCUT2D eigenvalue weighted by Crippen LogP contribution is 2.30. The Morgan fingerprint density at radius 3 is 2.67 bits per heavy atom. The van der Waals surface area contributed by atoms with Crippen LogP contribution in [0.5, 0.6) is 5.75 Å². The van der Waals surface area contributed by atoms with Gasteiger partial charge in [-0.1, -0.05) is 54.2 Å². The summed E-state index contributed by atoms with van der Waals surface area (Å²) in [5.74, 6) is 1.61. The minimum atomic E-state index is -0.135. The van der Waals surface area contributed by atoms with Crippen LogP contribution in [0.3, 0.4) is 0 Å². The molecule has 0 aliphatic rings. The van der Waals surface area contributed by atoms with E-state index >= 15 is 0 Å². The topological polar surface area (TPSA) is 81.9 Å². The fraction of sp³-hybridized carbons (Fsp3) is 0.250. The van der Waals surface area contributed by atoms with Crippen molar-refractivity contribution in [2.45, 2.75) is 32.5 Å². The average Bonchev–Trinajstić information content (AvgIpc) is 3.35. The molecular weight excluding hydrogens is 454 g/mol. The van der Waals surface area contributed by atoms with Crippen molar-refractivity contribution in [2.75, 3.05) is 11.1 Å². The lowest BCUT2D eigenvalue weighted by atomic mass is 10.1. The standard InChI is InChI=1S/C24H25N5O2S2/c1-15-9-8-12-19(16(15)2)31-13-20-27-28-24(29(20)4)32-14-21(30)25-23-26-22(17(3)33-23)18-10-6-5-7-11-18/h5-12H,13-14H2,1-4H3,(H,25,26,30). The van der Waals surface area contributed by atoms with Gasteiger partial charge in [-0.15, -0.1) is 21.5 Å². The maximum atomic E-state index is 12.5. The van der Waals surface area contributed by atoms with Crippen LogP contribution in [0, 0.1) is 20.8 Å². The van der Waals surface area contributed by atoms with Crippen LogP contribution in [-0.2, 0) is 18.4 Å². The summed E-state index contributed by atoms with van der Waals surface area (Å²) in [6, 6.07) is 15.9. The van der Waals surface area contributed by atoms with Gasteiger partial charge in [0.05, 0.1) is 11.4 Å². The minimum absolute atomic E-state index is 0.135. The van der Waals surface area contributed by atoms with E-state index in [0.29, 0.717) is 22.7 Å². The summed E-state index contributed by atoms with van der Waals surface area (Å²) in [5.41, 5.74) is 4.22. The first-order valence-corrected chi connectivity index (χ1v) is 12.3. The average molecular weight is 480 g/mol. The smallest absolute Gasteiger partial charge is 0.236 e. The second kappa shape index (κ2) is 10.2. The number of nitrogens with one attached hydrogen (secondary N) is 1. The number of aryl methyl sites for hydroxylation is 2. The number of anilines is 1. The molecule has 2 aromatic heterocycles. The van der Waals surface area contributed by atoms with Crippen LogP contribution in [0.2, 0.25) is 0 Å². The Hall–Kier alpha value is -3.17. The third kappa shape index (κ3) is 5.43. The molecule has 4 rings (SSSR count). The summed E-state index contributed by atoms with van der Waals surface area (Å²) >= 11 is 2.80. The van der Waals surface area contributed by atoms with Crippen LogP contribution in [0.15, 0.2) is 53.7 Å². The molecule has 0 spiro atoms. The molecular formula is C24H25N5O2S2. The van der Waals surface area contributed by atoms with E-state index in [1.54, 1.807) is 0 Å². The molecule has 0 radical (unpaired) electrons. The van der Waals surface area contributed by atoms with Gasteiger partial charge in [0, 0.05) is 17.5 Å². The second-order valence-corrected chi connectivity index (χ2v) is 9.72. The lowest BCUT2D eigenvalue weighted by Gasteiger charge is -2.10. The van der Waals surface area contributed by atoms with Gasteiger partial charge in [0.25, 0.3) is 0 Å². The Morgan fingerprint density at radius 1 is 1.09 bits per heavy atom. The summed E-state index contributed by atoms with van der Waals surface area (Å²) in [4.78, 5) is 18.1. The monoisotopic (exact) mass is 479 g/mol. The lowest BCUT2D eigenvalue weighted by molar-refractivity contribution is -0.113. The summed E-state index contributed by atoms with van der Waals surface area (Å²) in [5, 5.41) is 12.6. The summed E-state index contributed by atoms with van der Waals surface area (Å²) in [7, 11) is 1.87. The van der Waals surface area contributed by atoms with E-state index in [-0.39, 0.29) is 11.7 Å². The second-order valence-electron chi connectivity index (χ2n) is 7.57. The normalized spacial score (nSPS) is 10.9. The van der Waals surface area contributed by atoms with Crippen molar-refractivity contribution in [3.05, 3.63) is 70.4 Å². The van der Waals surface area contributed by atoms with E-state index in [2.05, 4.69) is 33.5 Å². The zero-order valence-electron chi connectivity index (χ0n) is 19.0. The molecule has 1 amide bonds. The van der Waals surface area contributed by atoms with E-state index in [0.717, 1.165) is 27.4 Å². The molecule has 9 heteroatoms. The zero-order chi connectivity index (χ0) is 23.4. The fourth-order valence-electron chi connectivity index (χ4n) is 3.22. The summed E-state index contributed by atoms with van der Waals surface area (Å²) < 4.78 is 7.78. The number of rotatable bonds is 8. The summed E-state index contributed by atoms with van der Waals surface area (Å²) in [6.45, 7) is 6.40. The van der Waals surface area contributed by atoms with Crippen LogP contribution in [0.4, 0.5) is 5.13 Å². The molecule has 0 aliphatic heterocycles. The number of aromatic nitrogens is 4. The van der Waals surface area contributed by atoms with Gasteiger partial charge in [0.15, 0.2) is 16.1 Å². The molecule has 0 bridgehead atoms. The van der Waals surface area contributed by atoms with E-state index < -0.39 is 0 Å². The number of thioether (sulfide) groups is 1. The van der Waals surface area contributed by atoms with Gasteiger partial charge in [-0.2, -0.15) is 0 Å². The lowest BCUT2D eigenvalue weighted by Crippen LogP contribution is -2.14. The highest BCUT2D eigenvalue weighted by molar-refractivity contribution is 7.99. The molecule has 33 heavy (non-hydrogen) atoms. The highest BCUT2D eigenvalue weighted by atomic mass is 32.2. The van der Waals surface area contributed by atoms with Crippen LogP contribution in [0.1, 0.15) is 21.8 Å². The molecule has 170 valence electrons. The number of carbonyl (C=O) groups excluding carboxylic acids is 1. The predicted octanol–water partition coefficient (Wildman–Crippen LogP) is 5.17. The molecule has 4 aromatic rings. The van der Waals surface area contributed by atoms with Crippen molar-refractivity contribution in [2.24, 2.45) is 7.05 Å². The number of hydrogen-bond acceptors (Lipinski definition) is 7. The van der Waals surface area contributed by atoms with Crippen molar-refractivity contribution in [1.29, 1.82) is 0 Å². The molecule has 0 saturated heterocycles. The Balaban J connectivity index is 1.33. The van der Waals surface area contributed by atoms with Crippen LogP contribution in [0.25, 0.3) is 11.3 Å². The van der Waals surface area contributed by atoms with Gasteiger partial charge in [-0.25, -0.2) is 4.98 Å². The SMILES string of the molecule is Cc1cccc(OCc2nnc(SCC(=O)Nc3nc(-c4ccccc4)c(C)s3)n2C)c1C. The molecule has 2 aromatic carbocycles. The third-order valence-corrected chi connectivity index (χ3v) is 7.17. The number of thiazole rings is 1. The van der Waals surface area contributed by atoms with Gasteiger partial charge in [-0.05, 0) is 38.0 Å². The molecule has 0 atom stereocenters. The molecule has 1 N–H and O–H groups in total. The van der Waals surface area contributed by atoms with E-state index in [1.165, 1.54) is 28.7 Å². The number of nitrogens with zero attached hydrogens (tertiary/aromatic N) is 4. The van der Waals surface area contributed by atoms with Gasteiger partial charge in [0.2, 0.25) is 5.91 Å². The minimum Gasteiger partial charge on any atom is -0.485 e. The number of carbonyl (C=O) groups is 1. The molecule has 0 fully saturated rings. The fourth-order valence-corrected chi connectivity index (χ4v) is 4.80. The first-order valence-electron chi connectivity index (χ1n) is 10.4. The molecule has 0 saturated carbocycles. The number of benzene rings is 2. The van der Waals surface area contributed by atoms with Gasteiger partial charge < -0.3 is 14.6 Å². The van der Waals surface area contributed by atoms with E-state index in [4.69, 9.17) is 4.74 Å². The van der Waals surface area contributed by atoms with Crippen molar-refractivity contribution in [1.82, 2.24) is 19.7 Å². The van der Waals surface area contributed by atoms with E-state index in [9.17, 15) is 4.79 Å². The molecule has 0 unspecified atom stereocenters. The van der Waals surface area contributed by atoms with Crippen LogP contribution < -0.4 is 10.1 Å². The van der Waals surface area contributed by atoms with Crippen molar-refractivity contribution >= 4 is 34.1 Å². The van der Waals surface area contributed by atoms with E-state index in [1.807, 2.05) is 67.9 Å². The maximum absolute atomic E-state index is 12.5. The predicted molar refractivity (Wildman–Crippen MR) is 133 cm³/mol. The largest absolute Gasteiger partial charge is 0.485 e. The quantitative estimate of drug-likeness (QED) is 0.351. The Labute approximate surface area is 201 Å². The maximum Gasteiger partial charge on any atom is 0.236 e. The highest BCUT2D eigenvalue weighted by Gasteiger charge is 2.15. The number of hydrogen-bond donors (Lipinski definition) is 1. The van der Waals surface area contributed by atoms with Crippen LogP contribution >= 0.6 is 23.1 Å². The Bertz CT molecular complexity index is 1270. The first kappa shape index (κ1) is 23.0.